The molecule has 0 radical (unpaired) electrons. The normalized spacial score (nSPS) is 16.7. The fourth-order valence-electron chi connectivity index (χ4n) is 3.00. The largest absolute Gasteiger partial charge is 0.495 e. The monoisotopic (exact) mass is 428 g/mol. The molecule has 152 valence electrons. The third kappa shape index (κ3) is 4.29. The van der Waals surface area contributed by atoms with Gasteiger partial charge < -0.3 is 4.74 Å². The van der Waals surface area contributed by atoms with Crippen molar-refractivity contribution < 1.29 is 26.0 Å². The Morgan fingerprint density at radius 3 is 2.61 bits per heavy atom. The van der Waals surface area contributed by atoms with Crippen molar-refractivity contribution >= 4 is 25.7 Å². The van der Waals surface area contributed by atoms with E-state index in [9.17, 15) is 21.2 Å². The van der Waals surface area contributed by atoms with E-state index in [1.807, 2.05) is 0 Å². The van der Waals surface area contributed by atoms with Gasteiger partial charge in [-0.1, -0.05) is 18.2 Å². The molecule has 1 aliphatic heterocycles. The summed E-state index contributed by atoms with van der Waals surface area (Å²) < 4.78 is 72.8. The molecule has 2 aromatic carbocycles. The van der Waals surface area contributed by atoms with Crippen LogP contribution in [0.4, 0.5) is 10.1 Å². The first-order valence-electron chi connectivity index (χ1n) is 8.66. The van der Waals surface area contributed by atoms with Gasteiger partial charge in [0.1, 0.15) is 16.5 Å². The average Bonchev–Trinajstić information content (AvgIpc) is 2.66. The van der Waals surface area contributed by atoms with Gasteiger partial charge in [0.15, 0.2) is 0 Å². The molecule has 1 aliphatic rings. The van der Waals surface area contributed by atoms with E-state index in [4.69, 9.17) is 4.74 Å². The van der Waals surface area contributed by atoms with Crippen molar-refractivity contribution in [3.63, 3.8) is 0 Å². The number of methoxy groups -OCH3 is 1. The van der Waals surface area contributed by atoms with Gasteiger partial charge in [0, 0.05) is 18.7 Å². The second kappa shape index (κ2) is 8.06. The van der Waals surface area contributed by atoms with Crippen LogP contribution in [-0.2, 0) is 26.6 Å². The predicted octanol–water partition coefficient (Wildman–Crippen LogP) is 2.24. The van der Waals surface area contributed by atoms with Crippen LogP contribution in [0.25, 0.3) is 0 Å². The van der Waals surface area contributed by atoms with Crippen LogP contribution in [-0.4, -0.2) is 36.2 Å². The Bertz CT molecular complexity index is 1070. The number of benzene rings is 2. The zero-order chi connectivity index (χ0) is 20.4. The molecule has 0 unspecified atom stereocenters. The quantitative estimate of drug-likeness (QED) is 0.762. The predicted molar refractivity (Wildman–Crippen MR) is 104 cm³/mol. The first-order chi connectivity index (χ1) is 13.2. The second-order valence-corrected chi connectivity index (χ2v) is 10.1. The molecule has 1 saturated heterocycles. The van der Waals surface area contributed by atoms with Crippen LogP contribution in [0.1, 0.15) is 18.4 Å². The van der Waals surface area contributed by atoms with Gasteiger partial charge >= 0.3 is 0 Å². The minimum Gasteiger partial charge on any atom is -0.495 e. The number of ether oxygens (including phenoxy) is 1. The van der Waals surface area contributed by atoms with Crippen LogP contribution in [0.5, 0.6) is 5.75 Å². The zero-order valence-electron chi connectivity index (χ0n) is 15.3. The summed E-state index contributed by atoms with van der Waals surface area (Å²) in [6.07, 6.45) is 1.27. The minimum absolute atomic E-state index is 0.0205. The van der Waals surface area contributed by atoms with Crippen LogP contribution >= 0.6 is 0 Å². The van der Waals surface area contributed by atoms with E-state index in [1.165, 1.54) is 47.8 Å². The Hall–Kier alpha value is -2.17. The lowest BCUT2D eigenvalue weighted by molar-refractivity contribution is 0.402. The fourth-order valence-corrected chi connectivity index (χ4v) is 5.83. The summed E-state index contributed by atoms with van der Waals surface area (Å²) in [4.78, 5) is -0.204. The number of halogens is 1. The van der Waals surface area contributed by atoms with Crippen LogP contribution in [0.3, 0.4) is 0 Å². The van der Waals surface area contributed by atoms with Gasteiger partial charge in [0.25, 0.3) is 0 Å². The number of nitrogens with one attached hydrogen (secondary N) is 1. The molecule has 0 atom stereocenters. The zero-order valence-corrected chi connectivity index (χ0v) is 16.9. The molecular weight excluding hydrogens is 407 g/mol. The van der Waals surface area contributed by atoms with Crippen LogP contribution < -0.4 is 13.8 Å². The van der Waals surface area contributed by atoms with Gasteiger partial charge in [-0.05, 0) is 37.1 Å². The Morgan fingerprint density at radius 1 is 1.18 bits per heavy atom. The third-order valence-corrected chi connectivity index (χ3v) is 7.78. The SMILES string of the molecule is COc1ccc(N2CCCCS2(=O)=O)cc1S(=O)(=O)NCc1ccccc1F. The van der Waals surface area contributed by atoms with E-state index in [0.29, 0.717) is 12.8 Å². The van der Waals surface area contributed by atoms with E-state index in [-0.39, 0.29) is 40.7 Å². The van der Waals surface area contributed by atoms with E-state index in [0.717, 1.165) is 0 Å². The second-order valence-electron chi connectivity index (χ2n) is 6.35. The van der Waals surface area contributed by atoms with E-state index < -0.39 is 25.9 Å². The lowest BCUT2D eigenvalue weighted by Gasteiger charge is -2.28. The van der Waals surface area contributed by atoms with Gasteiger partial charge in [-0.25, -0.2) is 25.9 Å². The first kappa shape index (κ1) is 20.6. The van der Waals surface area contributed by atoms with Crippen molar-refractivity contribution in [1.82, 2.24) is 4.72 Å². The molecule has 28 heavy (non-hydrogen) atoms. The Kier molecular flexibility index (Phi) is 5.92. The Labute approximate surface area is 164 Å². The number of hydrogen-bond acceptors (Lipinski definition) is 5. The summed E-state index contributed by atoms with van der Waals surface area (Å²) >= 11 is 0. The van der Waals surface area contributed by atoms with Crippen LogP contribution in [0, 0.1) is 5.82 Å². The summed E-state index contributed by atoms with van der Waals surface area (Å²) in [6.45, 7) is 0.0429. The molecule has 0 bridgehead atoms. The lowest BCUT2D eigenvalue weighted by atomic mass is 10.2. The average molecular weight is 429 g/mol. The van der Waals surface area contributed by atoms with Crippen LogP contribution in [0.2, 0.25) is 0 Å². The third-order valence-electron chi connectivity index (χ3n) is 4.48. The molecule has 1 heterocycles. The fraction of sp³-hybridized carbons (Fsp3) is 0.333. The van der Waals surface area contributed by atoms with E-state index in [1.54, 1.807) is 6.07 Å². The highest BCUT2D eigenvalue weighted by molar-refractivity contribution is 7.92. The van der Waals surface area contributed by atoms with E-state index >= 15 is 0 Å². The summed E-state index contributed by atoms with van der Waals surface area (Å²) in [5.74, 6) is -0.434. The topological polar surface area (TPSA) is 92.8 Å². The number of anilines is 1. The molecule has 7 nitrogen and oxygen atoms in total. The van der Waals surface area contributed by atoms with Crippen molar-refractivity contribution in [2.24, 2.45) is 0 Å². The van der Waals surface area contributed by atoms with Gasteiger partial charge in [-0.3, -0.25) is 4.31 Å². The maximum absolute atomic E-state index is 13.8. The highest BCUT2D eigenvalue weighted by atomic mass is 32.2. The maximum atomic E-state index is 13.8. The Morgan fingerprint density at radius 2 is 1.93 bits per heavy atom. The number of nitrogens with zero attached hydrogens (tertiary/aromatic N) is 1. The first-order valence-corrected chi connectivity index (χ1v) is 11.8. The van der Waals surface area contributed by atoms with Crippen molar-refractivity contribution in [2.45, 2.75) is 24.3 Å². The standard InChI is InChI=1S/C18H21FN2O5S2/c1-26-17-9-8-15(21-10-4-5-11-27(21,22)23)12-18(17)28(24,25)20-13-14-6-2-3-7-16(14)19/h2-3,6-9,12,20H,4-5,10-11,13H2,1H3. The molecule has 0 amide bonds. The summed E-state index contributed by atoms with van der Waals surface area (Å²) in [5.41, 5.74) is 0.451. The van der Waals surface area contributed by atoms with Crippen molar-refractivity contribution in [2.75, 3.05) is 23.7 Å². The van der Waals surface area contributed by atoms with Crippen LogP contribution in [0.15, 0.2) is 47.4 Å². The van der Waals surface area contributed by atoms with Gasteiger partial charge in [-0.2, -0.15) is 0 Å². The number of sulfonamides is 2. The summed E-state index contributed by atoms with van der Waals surface area (Å²) in [5, 5.41) is 0. The molecular formula is C18H21FN2O5S2. The smallest absolute Gasteiger partial charge is 0.244 e. The maximum Gasteiger partial charge on any atom is 0.244 e. The number of hydrogen-bond donors (Lipinski definition) is 1. The molecule has 2 aromatic rings. The van der Waals surface area contributed by atoms with Gasteiger partial charge in [0.05, 0.1) is 18.6 Å². The lowest BCUT2D eigenvalue weighted by Crippen LogP contribution is -2.38. The Balaban J connectivity index is 1.94. The summed E-state index contributed by atoms with van der Waals surface area (Å²) in [7, 11) is -6.25. The summed E-state index contributed by atoms with van der Waals surface area (Å²) in [6, 6.07) is 10.0. The molecule has 0 spiro atoms. The highest BCUT2D eigenvalue weighted by Gasteiger charge is 2.28. The highest BCUT2D eigenvalue weighted by Crippen LogP contribution is 2.31. The minimum atomic E-state index is -4.08. The number of rotatable bonds is 6. The van der Waals surface area contributed by atoms with Crippen molar-refractivity contribution in [3.8, 4) is 5.75 Å². The van der Waals surface area contributed by atoms with Gasteiger partial charge in [-0.15, -0.1) is 0 Å². The van der Waals surface area contributed by atoms with Crippen molar-refractivity contribution in [3.05, 3.63) is 53.8 Å². The van der Waals surface area contributed by atoms with E-state index in [2.05, 4.69) is 4.72 Å². The molecule has 0 saturated carbocycles. The molecule has 3 rings (SSSR count). The molecule has 1 N–H and O–H groups in total. The van der Waals surface area contributed by atoms with Crippen molar-refractivity contribution in [1.29, 1.82) is 0 Å². The molecule has 0 aromatic heterocycles. The molecule has 1 fully saturated rings. The van der Waals surface area contributed by atoms with Gasteiger partial charge in [0.2, 0.25) is 20.0 Å². The molecule has 0 aliphatic carbocycles. The molecule has 10 heteroatoms.